The number of tetrazole rings is 1. The van der Waals surface area contributed by atoms with E-state index in [0.717, 1.165) is 0 Å². The third-order valence-corrected chi connectivity index (χ3v) is 2.58. The van der Waals surface area contributed by atoms with Crippen LogP contribution in [-0.2, 0) is 0 Å². The molecular weight excluding hydrogens is 246 g/mol. The summed E-state index contributed by atoms with van der Waals surface area (Å²) >= 11 is 0. The average Bonchev–Trinajstić information content (AvgIpc) is 2.92. The van der Waals surface area contributed by atoms with Crippen LogP contribution in [0, 0.1) is 0 Å². The maximum Gasteiger partial charge on any atom is 0.251 e. The lowest BCUT2D eigenvalue weighted by atomic mass is 10.0. The van der Waals surface area contributed by atoms with Crippen LogP contribution in [0.3, 0.4) is 0 Å². The predicted molar refractivity (Wildman–Crippen MR) is 68.2 cm³/mol. The molecule has 7 nitrogen and oxygen atoms in total. The molecule has 0 unspecified atom stereocenters. The van der Waals surface area contributed by atoms with Crippen LogP contribution in [0.5, 0.6) is 0 Å². The number of hydrogen-bond donors (Lipinski definition) is 3. The van der Waals surface area contributed by atoms with Gasteiger partial charge in [0.05, 0.1) is 12.1 Å². The van der Waals surface area contributed by atoms with E-state index in [1.807, 2.05) is 0 Å². The first kappa shape index (κ1) is 13.2. The van der Waals surface area contributed by atoms with Crippen LogP contribution < -0.4 is 5.32 Å². The summed E-state index contributed by atoms with van der Waals surface area (Å²) in [6, 6.07) is 6.89. The summed E-state index contributed by atoms with van der Waals surface area (Å²) in [5, 5.41) is 25.4. The van der Waals surface area contributed by atoms with E-state index in [9.17, 15) is 4.79 Å². The fourth-order valence-corrected chi connectivity index (χ4v) is 1.50. The lowest BCUT2D eigenvalue weighted by molar-refractivity contribution is 0.0869. The average molecular weight is 261 g/mol. The van der Waals surface area contributed by atoms with Crippen molar-refractivity contribution in [2.24, 2.45) is 0 Å². The van der Waals surface area contributed by atoms with E-state index >= 15 is 0 Å². The lowest BCUT2D eigenvalue weighted by Gasteiger charge is -2.23. The van der Waals surface area contributed by atoms with Crippen LogP contribution in [0.15, 0.2) is 24.3 Å². The SMILES string of the molecule is CC(C)(CO)NC(=O)c1cccc(-c2nn[nH]n2)c1. The van der Waals surface area contributed by atoms with Crippen molar-refractivity contribution in [3.63, 3.8) is 0 Å². The van der Waals surface area contributed by atoms with E-state index in [4.69, 9.17) is 5.11 Å². The number of aliphatic hydroxyl groups is 1. The standard InChI is InChI=1S/C12H15N5O2/c1-12(2,7-18)13-11(19)9-5-3-4-8(6-9)10-14-16-17-15-10/h3-6,18H,7H2,1-2H3,(H,13,19)(H,14,15,16,17). The maximum absolute atomic E-state index is 12.1. The Balaban J connectivity index is 2.22. The molecule has 0 aliphatic carbocycles. The van der Waals surface area contributed by atoms with E-state index in [2.05, 4.69) is 25.9 Å². The number of H-pyrrole nitrogens is 1. The molecule has 0 saturated carbocycles. The number of rotatable bonds is 4. The van der Waals surface area contributed by atoms with E-state index in [0.29, 0.717) is 17.0 Å². The van der Waals surface area contributed by atoms with Gasteiger partial charge in [-0.1, -0.05) is 12.1 Å². The highest BCUT2D eigenvalue weighted by Crippen LogP contribution is 2.15. The Morgan fingerprint density at radius 2 is 2.26 bits per heavy atom. The first-order chi connectivity index (χ1) is 9.02. The molecule has 100 valence electrons. The fraction of sp³-hybridized carbons (Fsp3) is 0.333. The zero-order chi connectivity index (χ0) is 13.9. The molecule has 0 aliphatic heterocycles. The van der Waals surface area contributed by atoms with Crippen molar-refractivity contribution in [2.75, 3.05) is 6.61 Å². The van der Waals surface area contributed by atoms with Gasteiger partial charge in [-0.3, -0.25) is 4.79 Å². The molecule has 0 atom stereocenters. The van der Waals surface area contributed by atoms with Crippen LogP contribution in [0.4, 0.5) is 0 Å². The lowest BCUT2D eigenvalue weighted by Crippen LogP contribution is -2.46. The topological polar surface area (TPSA) is 104 Å². The number of aliphatic hydroxyl groups excluding tert-OH is 1. The van der Waals surface area contributed by atoms with Gasteiger partial charge >= 0.3 is 0 Å². The number of nitrogens with one attached hydrogen (secondary N) is 2. The number of aromatic amines is 1. The highest BCUT2D eigenvalue weighted by Gasteiger charge is 2.20. The normalized spacial score (nSPS) is 11.3. The number of carbonyl (C=O) groups is 1. The number of hydrogen-bond acceptors (Lipinski definition) is 5. The highest BCUT2D eigenvalue weighted by atomic mass is 16.3. The minimum atomic E-state index is -0.667. The van der Waals surface area contributed by atoms with E-state index in [1.54, 1.807) is 38.1 Å². The van der Waals surface area contributed by atoms with Crippen molar-refractivity contribution in [3.8, 4) is 11.4 Å². The zero-order valence-electron chi connectivity index (χ0n) is 10.7. The second-order valence-electron chi connectivity index (χ2n) is 4.81. The first-order valence-corrected chi connectivity index (χ1v) is 5.79. The molecule has 0 spiro atoms. The van der Waals surface area contributed by atoms with Crippen LogP contribution in [-0.4, -0.2) is 43.8 Å². The van der Waals surface area contributed by atoms with Crippen LogP contribution in [0.2, 0.25) is 0 Å². The minimum absolute atomic E-state index is 0.136. The van der Waals surface area contributed by atoms with Gasteiger partial charge in [0.1, 0.15) is 0 Å². The Kier molecular flexibility index (Phi) is 3.57. The number of nitrogens with zero attached hydrogens (tertiary/aromatic N) is 3. The van der Waals surface area contributed by atoms with Gasteiger partial charge in [-0.2, -0.15) is 5.21 Å². The Hall–Kier alpha value is -2.28. The molecule has 2 rings (SSSR count). The number of benzene rings is 1. The van der Waals surface area contributed by atoms with Gasteiger partial charge in [-0.15, -0.1) is 10.2 Å². The second-order valence-corrected chi connectivity index (χ2v) is 4.81. The zero-order valence-corrected chi connectivity index (χ0v) is 10.7. The summed E-state index contributed by atoms with van der Waals surface area (Å²) in [6.07, 6.45) is 0. The number of carbonyl (C=O) groups excluding carboxylic acids is 1. The third-order valence-electron chi connectivity index (χ3n) is 2.58. The van der Waals surface area contributed by atoms with Crippen molar-refractivity contribution in [1.82, 2.24) is 25.9 Å². The van der Waals surface area contributed by atoms with Crippen LogP contribution >= 0.6 is 0 Å². The minimum Gasteiger partial charge on any atom is -0.394 e. The molecule has 1 heterocycles. The van der Waals surface area contributed by atoms with Crippen molar-refractivity contribution in [1.29, 1.82) is 0 Å². The molecule has 7 heteroatoms. The monoisotopic (exact) mass is 261 g/mol. The molecule has 0 fully saturated rings. The third kappa shape index (κ3) is 3.14. The second kappa shape index (κ2) is 5.15. The maximum atomic E-state index is 12.1. The molecule has 0 bridgehead atoms. The molecule has 2 aromatic rings. The quantitative estimate of drug-likeness (QED) is 0.737. The van der Waals surface area contributed by atoms with Crippen molar-refractivity contribution in [2.45, 2.75) is 19.4 Å². The summed E-state index contributed by atoms with van der Waals surface area (Å²) in [5.41, 5.74) is 0.506. The molecule has 3 N–H and O–H groups in total. The predicted octanol–water partition coefficient (Wildman–Crippen LogP) is 0.367. The molecule has 1 aromatic heterocycles. The number of amides is 1. The molecule has 19 heavy (non-hydrogen) atoms. The smallest absolute Gasteiger partial charge is 0.251 e. The summed E-state index contributed by atoms with van der Waals surface area (Å²) in [7, 11) is 0. The number of aromatic nitrogens is 4. The Bertz CT molecular complexity index is 565. The van der Waals surface area contributed by atoms with Gasteiger partial charge < -0.3 is 10.4 Å². The van der Waals surface area contributed by atoms with Gasteiger partial charge in [0.2, 0.25) is 5.82 Å². The van der Waals surface area contributed by atoms with Gasteiger partial charge in [-0.05, 0) is 31.2 Å². The molecule has 0 aliphatic rings. The Morgan fingerprint density at radius 3 is 2.89 bits per heavy atom. The highest BCUT2D eigenvalue weighted by molar-refractivity contribution is 5.95. The summed E-state index contributed by atoms with van der Waals surface area (Å²) < 4.78 is 0. The van der Waals surface area contributed by atoms with Crippen LogP contribution in [0.25, 0.3) is 11.4 Å². The molecule has 0 radical (unpaired) electrons. The van der Waals surface area contributed by atoms with Crippen LogP contribution in [0.1, 0.15) is 24.2 Å². The van der Waals surface area contributed by atoms with Crippen molar-refractivity contribution >= 4 is 5.91 Å². The fourth-order valence-electron chi connectivity index (χ4n) is 1.50. The summed E-state index contributed by atoms with van der Waals surface area (Å²) in [6.45, 7) is 3.35. The van der Waals surface area contributed by atoms with Crippen molar-refractivity contribution < 1.29 is 9.90 Å². The Labute approximate surface area is 110 Å². The van der Waals surface area contributed by atoms with E-state index in [-0.39, 0.29) is 12.5 Å². The van der Waals surface area contributed by atoms with Gasteiger partial charge in [-0.25, -0.2) is 0 Å². The molecular formula is C12H15N5O2. The largest absolute Gasteiger partial charge is 0.394 e. The van der Waals surface area contributed by atoms with Gasteiger partial charge in [0.15, 0.2) is 0 Å². The molecule has 1 aromatic carbocycles. The van der Waals surface area contributed by atoms with E-state index in [1.165, 1.54) is 0 Å². The Morgan fingerprint density at radius 1 is 1.47 bits per heavy atom. The van der Waals surface area contributed by atoms with Gasteiger partial charge in [0.25, 0.3) is 5.91 Å². The van der Waals surface area contributed by atoms with Gasteiger partial charge in [0, 0.05) is 11.1 Å². The van der Waals surface area contributed by atoms with E-state index < -0.39 is 5.54 Å². The summed E-state index contributed by atoms with van der Waals surface area (Å²) in [4.78, 5) is 12.1. The van der Waals surface area contributed by atoms with Crippen molar-refractivity contribution in [3.05, 3.63) is 29.8 Å². The molecule has 1 amide bonds. The first-order valence-electron chi connectivity index (χ1n) is 5.79. The summed E-state index contributed by atoms with van der Waals surface area (Å²) in [5.74, 6) is 0.167. The molecule has 0 saturated heterocycles.